The van der Waals surface area contributed by atoms with Gasteiger partial charge in [0.15, 0.2) is 6.29 Å². The zero-order chi connectivity index (χ0) is 39.5. The van der Waals surface area contributed by atoms with Gasteiger partial charge < -0.3 is 35.0 Å². The summed E-state index contributed by atoms with van der Waals surface area (Å²) in [5.74, 6) is -0.176. The van der Waals surface area contributed by atoms with E-state index in [1.807, 2.05) is 91.0 Å². The Hall–Kier alpha value is -5.98. The van der Waals surface area contributed by atoms with Crippen molar-refractivity contribution in [1.29, 1.82) is 0 Å². The molecule has 0 unspecified atom stereocenters. The average Bonchev–Trinajstić information content (AvgIpc) is 3.60. The third-order valence-corrected chi connectivity index (χ3v) is 11.7. The lowest BCUT2D eigenvalue weighted by molar-refractivity contribution is -0.253. The van der Waals surface area contributed by atoms with E-state index >= 15 is 0 Å². The lowest BCUT2D eigenvalue weighted by atomic mass is 9.85. The lowest BCUT2D eigenvalue weighted by Crippen LogP contribution is -2.57. The van der Waals surface area contributed by atoms with Crippen molar-refractivity contribution in [1.82, 2.24) is 25.5 Å². The fourth-order valence-electron chi connectivity index (χ4n) is 8.52. The van der Waals surface area contributed by atoms with Gasteiger partial charge in [0.05, 0.1) is 42.7 Å². The molecule has 11 nitrogen and oxygen atoms in total. The van der Waals surface area contributed by atoms with E-state index in [9.17, 15) is 14.7 Å². The molecule has 2 amide bonds. The number of ether oxygens (including phenoxy) is 2. The molecule has 6 aromatic rings. The van der Waals surface area contributed by atoms with Crippen LogP contribution in [-0.2, 0) is 27.4 Å². The van der Waals surface area contributed by atoms with Gasteiger partial charge in [-0.15, -0.1) is 0 Å². The van der Waals surface area contributed by atoms with Crippen LogP contribution in [0.4, 0.5) is 5.69 Å². The molecule has 3 fully saturated rings. The number of amides is 2. The number of fused-ring (bicyclic) bond motifs is 1. The van der Waals surface area contributed by atoms with E-state index < -0.39 is 11.8 Å². The number of likely N-dealkylation sites (tertiary alicyclic amines) is 1. The maximum Gasteiger partial charge on any atom is 0.271 e. The van der Waals surface area contributed by atoms with E-state index in [-0.39, 0.29) is 36.3 Å². The summed E-state index contributed by atoms with van der Waals surface area (Å²) in [6.45, 7) is 3.11. The number of nitrogens with zero attached hydrogens (tertiary/aromatic N) is 4. The number of aliphatic hydroxyl groups excluding tert-OH is 1. The number of para-hydroxylation sites is 3. The molecular formula is C47H46N6O5. The van der Waals surface area contributed by atoms with Crippen molar-refractivity contribution in [2.75, 3.05) is 31.2 Å². The minimum atomic E-state index is -0.614. The monoisotopic (exact) mass is 774 g/mol. The number of anilines is 1. The Morgan fingerprint density at radius 3 is 2.34 bits per heavy atom. The molecule has 3 aliphatic rings. The minimum Gasteiger partial charge on any atom is -0.392 e. The van der Waals surface area contributed by atoms with Crippen LogP contribution in [-0.4, -0.2) is 69.7 Å². The molecule has 3 aliphatic heterocycles. The number of carbonyl (C=O) groups is 2. The first kappa shape index (κ1) is 37.6. The molecule has 3 N–H and O–H groups in total. The summed E-state index contributed by atoms with van der Waals surface area (Å²) in [7, 11) is 0. The Balaban J connectivity index is 0.902. The second-order valence-corrected chi connectivity index (χ2v) is 15.4. The number of rotatable bonds is 10. The number of aliphatic hydroxyl groups is 1. The van der Waals surface area contributed by atoms with E-state index in [4.69, 9.17) is 9.47 Å². The van der Waals surface area contributed by atoms with Gasteiger partial charge >= 0.3 is 0 Å². The molecule has 0 aliphatic carbocycles. The fourth-order valence-corrected chi connectivity index (χ4v) is 8.52. The van der Waals surface area contributed by atoms with Gasteiger partial charge in [0.2, 0.25) is 5.91 Å². The number of benzene rings is 5. The van der Waals surface area contributed by atoms with Crippen LogP contribution in [0.1, 0.15) is 64.4 Å². The summed E-state index contributed by atoms with van der Waals surface area (Å²) < 4.78 is 13.5. The zero-order valence-corrected chi connectivity index (χ0v) is 32.2. The highest BCUT2D eigenvalue weighted by molar-refractivity contribution is 5.94. The molecular weight excluding hydrogens is 729 g/mol. The van der Waals surface area contributed by atoms with Gasteiger partial charge in [0.1, 0.15) is 11.2 Å². The molecule has 3 atom stereocenters. The van der Waals surface area contributed by atoms with Crippen molar-refractivity contribution in [3.8, 4) is 11.1 Å². The Labute approximate surface area is 337 Å². The molecule has 4 heterocycles. The maximum absolute atomic E-state index is 13.3. The topological polar surface area (TPSA) is 129 Å². The largest absolute Gasteiger partial charge is 0.392 e. The van der Waals surface area contributed by atoms with Gasteiger partial charge in [-0.3, -0.25) is 14.6 Å². The summed E-state index contributed by atoms with van der Waals surface area (Å²) in [5, 5.41) is 15.8. The van der Waals surface area contributed by atoms with Crippen LogP contribution in [0.15, 0.2) is 134 Å². The number of carbonyl (C=O) groups excluding carboxylic acids is 2. The number of nitrogens with one attached hydrogen (secondary N) is 2. The molecule has 1 aromatic heterocycles. The third kappa shape index (κ3) is 7.81. The normalized spacial score (nSPS) is 20.6. The summed E-state index contributed by atoms with van der Waals surface area (Å²) in [6.07, 6.45) is 2.68. The van der Waals surface area contributed by atoms with Crippen LogP contribution >= 0.6 is 0 Å². The molecule has 5 aromatic carbocycles. The third-order valence-electron chi connectivity index (χ3n) is 11.7. The second-order valence-electron chi connectivity index (χ2n) is 15.4. The van der Waals surface area contributed by atoms with Crippen LogP contribution in [0.3, 0.4) is 0 Å². The van der Waals surface area contributed by atoms with Gasteiger partial charge in [-0.1, -0.05) is 91.0 Å². The van der Waals surface area contributed by atoms with Crippen LogP contribution in [0.25, 0.3) is 22.2 Å². The summed E-state index contributed by atoms with van der Waals surface area (Å²) >= 11 is 0. The van der Waals surface area contributed by atoms with Gasteiger partial charge in [-0.05, 0) is 77.1 Å². The highest BCUT2D eigenvalue weighted by Gasteiger charge is 2.50. The lowest BCUT2D eigenvalue weighted by Gasteiger charge is -2.45. The number of hydrogen-bond acceptors (Lipinski definition) is 9. The van der Waals surface area contributed by atoms with E-state index in [2.05, 4.69) is 66.8 Å². The van der Waals surface area contributed by atoms with Crippen LogP contribution < -0.4 is 15.5 Å². The van der Waals surface area contributed by atoms with Crippen molar-refractivity contribution in [2.24, 2.45) is 0 Å². The fraction of sp³-hybridized carbons (Fsp3) is 0.277. The predicted octanol–water partition coefficient (Wildman–Crippen LogP) is 6.69. The molecule has 0 bridgehead atoms. The van der Waals surface area contributed by atoms with E-state index in [0.29, 0.717) is 31.7 Å². The van der Waals surface area contributed by atoms with Gasteiger partial charge in [-0.2, -0.15) is 0 Å². The first-order chi connectivity index (χ1) is 28.4. The van der Waals surface area contributed by atoms with Crippen molar-refractivity contribution in [2.45, 2.75) is 56.5 Å². The highest BCUT2D eigenvalue weighted by Crippen LogP contribution is 2.41. The van der Waals surface area contributed by atoms with Crippen LogP contribution in [0.5, 0.6) is 0 Å². The Morgan fingerprint density at radius 1 is 0.810 bits per heavy atom. The zero-order valence-electron chi connectivity index (χ0n) is 32.2. The van der Waals surface area contributed by atoms with Crippen molar-refractivity contribution in [3.63, 3.8) is 0 Å². The minimum absolute atomic E-state index is 0.0180. The maximum atomic E-state index is 13.3. The molecule has 11 heteroatoms. The van der Waals surface area contributed by atoms with Crippen molar-refractivity contribution < 1.29 is 24.2 Å². The molecule has 1 spiro atoms. The quantitative estimate of drug-likeness (QED) is 0.139. The Morgan fingerprint density at radius 2 is 1.55 bits per heavy atom. The van der Waals surface area contributed by atoms with Crippen LogP contribution in [0.2, 0.25) is 0 Å². The van der Waals surface area contributed by atoms with Crippen LogP contribution in [0, 0.1) is 0 Å². The summed E-state index contributed by atoms with van der Waals surface area (Å²) in [5.41, 5.74) is 7.96. The number of aromatic nitrogens is 2. The number of hydrogen-bond donors (Lipinski definition) is 3. The molecule has 3 saturated heterocycles. The van der Waals surface area contributed by atoms with E-state index in [0.717, 1.165) is 70.5 Å². The second kappa shape index (κ2) is 16.5. The smallest absolute Gasteiger partial charge is 0.271 e. The van der Waals surface area contributed by atoms with Gasteiger partial charge in [-0.25, -0.2) is 4.98 Å². The molecule has 0 saturated carbocycles. The molecule has 58 heavy (non-hydrogen) atoms. The standard InChI is InChI=1S/C47H46N6O5/c54-30-32-16-18-34(19-17-32)43-26-39(29-52-22-20-47(21-23-52)46(56)50-31-53(47)38-12-2-1-3-13-38)57-45(58-43)37-11-7-10-36(25-37)35-9-6-8-33(24-35)27-49-44(55)42-28-48-40-14-4-5-15-41(40)51-42/h1-19,24-25,28,39,43,45,54H,20-23,26-27,29-31H2,(H,49,55)(H,50,56)/t39-,43+,45+/m1/s1. The SMILES string of the molecule is O=C(NCc1cccc(-c2cccc([C@H]3O[C@@H](CN4CCC5(CC4)C(=O)NCN5c4ccccc4)C[C@@H](c4ccc(CO)cc4)O3)c2)c1)c1cnc2ccccc2n1. The first-order valence-electron chi connectivity index (χ1n) is 20.0. The van der Waals surface area contributed by atoms with Crippen molar-refractivity contribution >= 4 is 28.5 Å². The number of piperidine rings is 1. The highest BCUT2D eigenvalue weighted by atomic mass is 16.7. The Bertz CT molecular complexity index is 2400. The predicted molar refractivity (Wildman–Crippen MR) is 221 cm³/mol. The molecule has 294 valence electrons. The van der Waals surface area contributed by atoms with E-state index in [1.54, 1.807) is 0 Å². The van der Waals surface area contributed by atoms with Crippen molar-refractivity contribution in [3.05, 3.63) is 162 Å². The van der Waals surface area contributed by atoms with Gasteiger partial charge in [0, 0.05) is 43.9 Å². The average molecular weight is 775 g/mol. The molecule has 9 rings (SSSR count). The Kier molecular flexibility index (Phi) is 10.7. The van der Waals surface area contributed by atoms with E-state index in [1.165, 1.54) is 6.20 Å². The summed E-state index contributed by atoms with van der Waals surface area (Å²) in [4.78, 5) is 39.9. The van der Waals surface area contributed by atoms with Gasteiger partial charge in [0.25, 0.3) is 5.91 Å². The first-order valence-corrected chi connectivity index (χ1v) is 20.0. The summed E-state index contributed by atoms with van der Waals surface area (Å²) in [6, 6.07) is 42.0. The molecule has 0 radical (unpaired) electrons.